The van der Waals surface area contributed by atoms with E-state index in [2.05, 4.69) is 29.8 Å². The van der Waals surface area contributed by atoms with Gasteiger partial charge in [0.2, 0.25) is 11.8 Å². The summed E-state index contributed by atoms with van der Waals surface area (Å²) in [5.74, 6) is -0.763. The molecule has 0 radical (unpaired) electrons. The molecular formula is C27H35BBrNO5. The van der Waals surface area contributed by atoms with Gasteiger partial charge in [0.05, 0.1) is 17.9 Å². The average molecular weight is 544 g/mol. The van der Waals surface area contributed by atoms with Gasteiger partial charge in [0, 0.05) is 16.6 Å². The highest BCUT2D eigenvalue weighted by Crippen LogP contribution is 2.50. The van der Waals surface area contributed by atoms with Crippen LogP contribution in [-0.2, 0) is 14.2 Å². The lowest BCUT2D eigenvalue weighted by atomic mass is 9.58. The van der Waals surface area contributed by atoms with Gasteiger partial charge in [-0.25, -0.2) is 0 Å². The van der Waals surface area contributed by atoms with E-state index in [1.54, 1.807) is 6.07 Å². The molecule has 2 fully saturated rings. The number of amides is 2. The Bertz CT molecular complexity index is 1050. The van der Waals surface area contributed by atoms with Crippen molar-refractivity contribution in [2.45, 2.75) is 71.7 Å². The summed E-state index contributed by atoms with van der Waals surface area (Å²) in [6.07, 6.45) is 6.74. The van der Waals surface area contributed by atoms with Crippen molar-refractivity contribution in [2.24, 2.45) is 17.8 Å². The smallest absolute Gasteiger partial charge is 0.455 e. The van der Waals surface area contributed by atoms with E-state index < -0.39 is 13.0 Å². The van der Waals surface area contributed by atoms with E-state index >= 15 is 0 Å². The van der Waals surface area contributed by atoms with Crippen LogP contribution in [0.25, 0.3) is 6.08 Å². The van der Waals surface area contributed by atoms with Crippen molar-refractivity contribution in [3.63, 3.8) is 0 Å². The fourth-order valence-electron chi connectivity index (χ4n) is 6.20. The zero-order valence-corrected chi connectivity index (χ0v) is 22.4. The molecule has 1 aromatic carbocycles. The summed E-state index contributed by atoms with van der Waals surface area (Å²) in [7, 11) is -0.948. The number of carbonyl (C=O) groups excluding carboxylic acids is 2. The van der Waals surface area contributed by atoms with Crippen LogP contribution in [0.2, 0.25) is 6.32 Å². The highest BCUT2D eigenvalue weighted by Gasteiger charge is 2.56. The first kappa shape index (κ1) is 26.2. The summed E-state index contributed by atoms with van der Waals surface area (Å²) in [4.78, 5) is 27.7. The molecule has 2 heterocycles. The highest BCUT2D eigenvalue weighted by molar-refractivity contribution is 9.10. The van der Waals surface area contributed by atoms with E-state index in [-0.39, 0.29) is 35.5 Å². The van der Waals surface area contributed by atoms with Gasteiger partial charge in [-0.3, -0.25) is 14.5 Å². The van der Waals surface area contributed by atoms with E-state index in [4.69, 9.17) is 4.65 Å². The Hall–Kier alpha value is -1.90. The van der Waals surface area contributed by atoms with E-state index in [1.165, 1.54) is 10.5 Å². The minimum atomic E-state index is -0.948. The predicted octanol–water partition coefficient (Wildman–Crippen LogP) is 5.35. The molecule has 8 heteroatoms. The fraction of sp³-hybridized carbons (Fsp3) is 0.556. The number of halogens is 1. The molecule has 2 saturated heterocycles. The molecule has 2 N–H and O–H groups in total. The van der Waals surface area contributed by atoms with Crippen LogP contribution >= 0.6 is 15.9 Å². The fourth-order valence-corrected chi connectivity index (χ4v) is 6.58. The number of likely N-dealkylation sites (tertiary alicyclic amines) is 1. The Morgan fingerprint density at radius 3 is 2.69 bits per heavy atom. The van der Waals surface area contributed by atoms with Crippen molar-refractivity contribution in [1.29, 1.82) is 0 Å². The molecule has 1 aromatic rings. The van der Waals surface area contributed by atoms with Gasteiger partial charge in [-0.1, -0.05) is 53.4 Å². The minimum absolute atomic E-state index is 0.0558. The summed E-state index contributed by atoms with van der Waals surface area (Å²) in [5.41, 5.74) is 4.21. The number of phenols is 1. The normalized spacial score (nSPS) is 26.9. The van der Waals surface area contributed by atoms with Crippen molar-refractivity contribution in [3.8, 4) is 5.75 Å². The molecule has 0 unspecified atom stereocenters. The van der Waals surface area contributed by atoms with Gasteiger partial charge in [0.15, 0.2) is 0 Å². The van der Waals surface area contributed by atoms with Gasteiger partial charge < -0.3 is 14.8 Å². The third-order valence-electron chi connectivity index (χ3n) is 7.64. The Morgan fingerprint density at radius 1 is 1.20 bits per heavy atom. The second-order valence-corrected chi connectivity index (χ2v) is 11.0. The number of benzene rings is 1. The molecule has 188 valence electrons. The van der Waals surface area contributed by atoms with Gasteiger partial charge in [0.1, 0.15) is 5.75 Å². The van der Waals surface area contributed by atoms with Crippen LogP contribution in [0.5, 0.6) is 5.75 Å². The Kier molecular flexibility index (Phi) is 8.24. The van der Waals surface area contributed by atoms with Gasteiger partial charge in [0.25, 0.3) is 0 Å². The molecule has 35 heavy (non-hydrogen) atoms. The third-order valence-corrected chi connectivity index (χ3v) is 8.13. The maximum Gasteiger partial charge on any atom is 0.455 e. The van der Waals surface area contributed by atoms with E-state index in [1.807, 2.05) is 25.1 Å². The molecule has 2 amide bonds. The number of rotatable bonds is 8. The molecular weight excluding hydrogens is 509 g/mol. The lowest BCUT2D eigenvalue weighted by Gasteiger charge is -2.42. The summed E-state index contributed by atoms with van der Waals surface area (Å²) in [5, 5.41) is 20.9. The van der Waals surface area contributed by atoms with Crippen LogP contribution < -0.4 is 0 Å². The van der Waals surface area contributed by atoms with Crippen LogP contribution in [0.3, 0.4) is 0 Å². The van der Waals surface area contributed by atoms with Crippen LogP contribution in [-0.4, -0.2) is 46.6 Å². The van der Waals surface area contributed by atoms with Crippen LogP contribution in [0.4, 0.5) is 0 Å². The van der Waals surface area contributed by atoms with Crippen molar-refractivity contribution in [3.05, 3.63) is 45.0 Å². The molecule has 6 nitrogen and oxygen atoms in total. The minimum Gasteiger partial charge on any atom is -0.507 e. The Morgan fingerprint density at radius 2 is 1.97 bits per heavy atom. The molecule has 0 aromatic heterocycles. The largest absolute Gasteiger partial charge is 0.507 e. The first-order chi connectivity index (χ1) is 16.7. The number of hydrogen-bond acceptors (Lipinski definition) is 5. The SMILES string of the molecule is CCC/C(=C\c1cc(Br)ccc1O)CC[C@H]1OB(O)C[C@H]2C1=C(C)C[C@H]1C(=O)N(CCC)C(=O)[C@H]12. The molecule has 4 atom stereocenters. The van der Waals surface area contributed by atoms with E-state index in [9.17, 15) is 19.7 Å². The predicted molar refractivity (Wildman–Crippen MR) is 140 cm³/mol. The van der Waals surface area contributed by atoms with Crippen molar-refractivity contribution in [2.75, 3.05) is 6.54 Å². The number of nitrogens with zero attached hydrogens (tertiary/aromatic N) is 1. The highest BCUT2D eigenvalue weighted by atomic mass is 79.9. The summed E-state index contributed by atoms with van der Waals surface area (Å²) >= 11 is 3.47. The molecule has 4 rings (SSSR count). The van der Waals surface area contributed by atoms with Gasteiger partial charge in [-0.2, -0.15) is 0 Å². The Labute approximate surface area is 216 Å². The summed E-state index contributed by atoms with van der Waals surface area (Å²) < 4.78 is 6.94. The number of allylic oxidation sites excluding steroid dienone is 2. The van der Waals surface area contributed by atoms with Gasteiger partial charge in [-0.15, -0.1) is 0 Å². The zero-order chi connectivity index (χ0) is 25.3. The number of hydrogen-bond donors (Lipinski definition) is 2. The summed E-state index contributed by atoms with van der Waals surface area (Å²) in [6.45, 7) is 6.61. The first-order valence-corrected chi connectivity index (χ1v) is 13.6. The van der Waals surface area contributed by atoms with Crippen LogP contribution in [0.1, 0.15) is 64.9 Å². The maximum atomic E-state index is 13.3. The lowest BCUT2D eigenvalue weighted by Crippen LogP contribution is -2.46. The van der Waals surface area contributed by atoms with Crippen molar-refractivity contribution >= 4 is 40.9 Å². The maximum absolute atomic E-state index is 13.3. The molecule has 2 aliphatic heterocycles. The number of fused-ring (bicyclic) bond motifs is 3. The van der Waals surface area contributed by atoms with Crippen molar-refractivity contribution in [1.82, 2.24) is 4.90 Å². The van der Waals surface area contributed by atoms with E-state index in [0.29, 0.717) is 25.7 Å². The molecule has 0 saturated carbocycles. The molecule has 3 aliphatic rings. The Balaban J connectivity index is 1.58. The molecule has 0 spiro atoms. The summed E-state index contributed by atoms with van der Waals surface area (Å²) in [6, 6.07) is 5.39. The van der Waals surface area contributed by atoms with Crippen molar-refractivity contribution < 1.29 is 24.4 Å². The monoisotopic (exact) mass is 543 g/mol. The zero-order valence-electron chi connectivity index (χ0n) is 20.8. The number of phenolic OH excluding ortho intramolecular Hbond substituents is 1. The number of carbonyl (C=O) groups is 2. The van der Waals surface area contributed by atoms with Gasteiger partial charge in [-0.05, 0) is 75.0 Å². The van der Waals surface area contributed by atoms with E-state index in [0.717, 1.165) is 46.9 Å². The second-order valence-electron chi connectivity index (χ2n) is 10.1. The number of imide groups is 1. The quantitative estimate of drug-likeness (QED) is 0.262. The van der Waals surface area contributed by atoms with Gasteiger partial charge >= 0.3 is 7.12 Å². The third kappa shape index (κ3) is 5.30. The van der Waals surface area contributed by atoms with Crippen LogP contribution in [0, 0.1) is 17.8 Å². The first-order valence-electron chi connectivity index (χ1n) is 12.8. The average Bonchev–Trinajstić information content (AvgIpc) is 3.04. The topological polar surface area (TPSA) is 87.1 Å². The van der Waals surface area contributed by atoms with Crippen LogP contribution in [0.15, 0.2) is 39.4 Å². The number of aromatic hydroxyl groups is 1. The molecule has 0 bridgehead atoms. The standard InChI is InChI=1S/C27H35BBrNO5/c1-4-6-17(13-18-14-19(29)8-9-22(18)31)7-10-23-24-16(3)12-20-25(21(24)15-28(34)35-23)27(33)30(11-5-2)26(20)32/h8-9,13-14,20-21,23,25,31,34H,4-7,10-12,15H2,1-3H3/b17-13+/t20-,21+,23-,25-/m1/s1. The molecule has 1 aliphatic carbocycles. The second kappa shape index (κ2) is 11.0. The lowest BCUT2D eigenvalue weighted by molar-refractivity contribution is -0.140.